The van der Waals surface area contributed by atoms with Crippen molar-refractivity contribution in [3.8, 4) is 0 Å². The van der Waals surface area contributed by atoms with Crippen LogP contribution in [0.4, 0.5) is 0 Å². The predicted octanol–water partition coefficient (Wildman–Crippen LogP) is 0.792. The minimum absolute atomic E-state index is 0.301. The quantitative estimate of drug-likeness (QED) is 0.496. The molecule has 0 aromatic carbocycles. The first-order valence-electron chi connectivity index (χ1n) is 3.43. The minimum Gasteiger partial charge on any atom is -0.240 e. The molecular formula is C7H7N4S+. The van der Waals surface area contributed by atoms with Crippen molar-refractivity contribution in [2.45, 2.75) is 0 Å². The van der Waals surface area contributed by atoms with E-state index >= 15 is 0 Å². The lowest BCUT2D eigenvalue weighted by atomic mass is 10.7. The van der Waals surface area contributed by atoms with Crippen LogP contribution in [0, 0.1) is 0 Å². The van der Waals surface area contributed by atoms with Crippen molar-refractivity contribution in [3.63, 3.8) is 0 Å². The van der Waals surface area contributed by atoms with Gasteiger partial charge in [-0.3, -0.25) is 0 Å². The molecule has 0 bridgehead atoms. The Morgan fingerprint density at radius 3 is 2.92 bits per heavy atom. The summed E-state index contributed by atoms with van der Waals surface area (Å²) < 4.78 is 2.15. The Bertz CT molecular complexity index is 326. The lowest BCUT2D eigenvalue weighted by Gasteiger charge is -2.19. The number of nitrogens with zero attached hydrogens (tertiary/aromatic N) is 4. The van der Waals surface area contributed by atoms with Crippen molar-refractivity contribution in [1.82, 2.24) is 14.3 Å². The van der Waals surface area contributed by atoms with Crippen molar-refractivity contribution in [1.29, 1.82) is 0 Å². The zero-order valence-electron chi connectivity index (χ0n) is 6.24. The summed E-state index contributed by atoms with van der Waals surface area (Å²) in [4.78, 5) is 7.93. The molecule has 2 heterocycles. The van der Waals surface area contributed by atoms with Gasteiger partial charge in [-0.25, -0.2) is 9.98 Å². The van der Waals surface area contributed by atoms with E-state index in [-0.39, 0.29) is 0 Å². The van der Waals surface area contributed by atoms with Crippen LogP contribution in [-0.2, 0) is 0 Å². The van der Waals surface area contributed by atoms with Crippen LogP contribution >= 0.6 is 12.2 Å². The van der Waals surface area contributed by atoms with E-state index in [9.17, 15) is 0 Å². The molecule has 1 aliphatic rings. The molecule has 0 spiro atoms. The molecule has 12 heavy (non-hydrogen) atoms. The van der Waals surface area contributed by atoms with Gasteiger partial charge in [-0.2, -0.15) is 4.68 Å². The highest BCUT2D eigenvalue weighted by atomic mass is 32.1. The molecule has 60 valence electrons. The summed E-state index contributed by atoms with van der Waals surface area (Å²) in [6.45, 7) is 0. The first kappa shape index (κ1) is 7.33. The lowest BCUT2D eigenvalue weighted by molar-refractivity contribution is 0.498. The highest BCUT2D eigenvalue weighted by Gasteiger charge is 2.25. The number of hydrogen-bond donors (Lipinski definition) is 0. The van der Waals surface area contributed by atoms with E-state index in [1.165, 1.54) is 0 Å². The second-order valence-electron chi connectivity index (χ2n) is 2.40. The van der Waals surface area contributed by atoms with Gasteiger partial charge in [0.15, 0.2) is 11.7 Å². The van der Waals surface area contributed by atoms with Gasteiger partial charge in [0.25, 0.3) is 0 Å². The number of rotatable bonds is 2. The Hall–Kier alpha value is -1.33. The highest BCUT2D eigenvalue weighted by molar-refractivity contribution is 7.79. The van der Waals surface area contributed by atoms with E-state index in [0.29, 0.717) is 4.59 Å². The average molecular weight is 179 g/mol. The molecule has 4 nitrogen and oxygen atoms in total. The van der Waals surface area contributed by atoms with Crippen LogP contribution < -0.4 is 4.59 Å². The van der Waals surface area contributed by atoms with Crippen LogP contribution in [0.25, 0.3) is 0 Å². The van der Waals surface area contributed by atoms with E-state index in [4.69, 9.17) is 12.2 Å². The van der Waals surface area contributed by atoms with E-state index < -0.39 is 0 Å². The molecule has 0 saturated heterocycles. The fourth-order valence-electron chi connectivity index (χ4n) is 1.04. The van der Waals surface area contributed by atoms with Gasteiger partial charge in [0.05, 0.1) is 18.6 Å². The average Bonchev–Trinajstić information content (AvgIpc) is 2.76. The first-order chi connectivity index (χ1) is 5.87. The second kappa shape index (κ2) is 2.62. The molecule has 1 atom stereocenters. The molecule has 1 aliphatic heterocycles. The Balaban J connectivity index is 2.49. The SMILES string of the molecule is S=C[N+]1(n2ccnc2)C=CN=C1. The standard InChI is InChI=1S/C7H7N4S/c12-7-11(4-2-9-6-11)10-3-1-8-5-10/h1-7H/q+1. The summed E-state index contributed by atoms with van der Waals surface area (Å²) in [6, 6.07) is 0. The minimum atomic E-state index is 0.301. The molecule has 0 radical (unpaired) electrons. The maximum absolute atomic E-state index is 4.93. The van der Waals surface area contributed by atoms with Crippen molar-refractivity contribution in [3.05, 3.63) is 31.1 Å². The molecule has 5 heteroatoms. The van der Waals surface area contributed by atoms with Crippen molar-refractivity contribution < 1.29 is 0 Å². The van der Waals surface area contributed by atoms with Gasteiger partial charge >= 0.3 is 0 Å². The molecule has 0 N–H and O–H groups in total. The van der Waals surface area contributed by atoms with Crippen LogP contribution in [0.5, 0.6) is 0 Å². The fourth-order valence-corrected chi connectivity index (χ4v) is 1.27. The van der Waals surface area contributed by atoms with Gasteiger partial charge in [-0.15, -0.1) is 4.59 Å². The third kappa shape index (κ3) is 0.910. The van der Waals surface area contributed by atoms with Gasteiger partial charge in [0, 0.05) is 0 Å². The zero-order chi connectivity index (χ0) is 8.44. The van der Waals surface area contributed by atoms with Crippen LogP contribution in [0.15, 0.2) is 36.1 Å². The van der Waals surface area contributed by atoms with Gasteiger partial charge in [0.1, 0.15) is 6.33 Å². The summed E-state index contributed by atoms with van der Waals surface area (Å²) in [5.41, 5.74) is 1.61. The van der Waals surface area contributed by atoms with Gasteiger partial charge in [0.2, 0.25) is 6.34 Å². The summed E-state index contributed by atoms with van der Waals surface area (Å²) in [5, 5.41) is 0. The van der Waals surface area contributed by atoms with Gasteiger partial charge in [-0.1, -0.05) is 0 Å². The molecule has 1 unspecified atom stereocenters. The van der Waals surface area contributed by atoms with Crippen molar-refractivity contribution in [2.75, 3.05) is 0 Å². The Labute approximate surface area is 75.0 Å². The van der Waals surface area contributed by atoms with Crippen molar-refractivity contribution in [2.24, 2.45) is 4.99 Å². The van der Waals surface area contributed by atoms with Crippen LogP contribution in [0.1, 0.15) is 0 Å². The van der Waals surface area contributed by atoms with Crippen LogP contribution in [-0.4, -0.2) is 21.5 Å². The predicted molar refractivity (Wildman–Crippen MR) is 51.0 cm³/mol. The maximum atomic E-state index is 4.93. The largest absolute Gasteiger partial charge is 0.240 e. The van der Waals surface area contributed by atoms with Gasteiger partial charge in [-0.05, 0) is 12.2 Å². The third-order valence-electron chi connectivity index (χ3n) is 1.70. The third-order valence-corrected chi connectivity index (χ3v) is 2.04. The fraction of sp³-hybridized carbons (Fsp3) is 0. The smallest absolute Gasteiger partial charge is 0.225 e. The Kier molecular flexibility index (Phi) is 1.60. The summed E-state index contributed by atoms with van der Waals surface area (Å²) >= 11 is 4.93. The Morgan fingerprint density at radius 2 is 2.42 bits per heavy atom. The maximum Gasteiger partial charge on any atom is 0.225 e. The molecule has 0 aliphatic carbocycles. The number of quaternary nitrogens is 1. The molecule has 2 rings (SSSR count). The second-order valence-corrected chi connectivity index (χ2v) is 2.62. The number of thiocarbonyl (C=S) groups is 1. The number of aromatic nitrogens is 2. The topological polar surface area (TPSA) is 30.2 Å². The van der Waals surface area contributed by atoms with Crippen LogP contribution in [0.3, 0.4) is 0 Å². The number of imidazole rings is 1. The van der Waals surface area contributed by atoms with Crippen LogP contribution in [0.2, 0.25) is 0 Å². The summed E-state index contributed by atoms with van der Waals surface area (Å²) in [5.74, 6) is 0. The van der Waals surface area contributed by atoms with E-state index in [0.717, 1.165) is 0 Å². The molecule has 0 saturated carbocycles. The summed E-state index contributed by atoms with van der Waals surface area (Å²) in [6.07, 6.45) is 10.6. The van der Waals surface area contributed by atoms with E-state index in [1.54, 1.807) is 30.6 Å². The molecule has 0 fully saturated rings. The molecular weight excluding hydrogens is 172 g/mol. The van der Waals surface area contributed by atoms with Gasteiger partial charge < -0.3 is 0 Å². The number of aliphatic imine (C=N–C) groups is 1. The summed E-state index contributed by atoms with van der Waals surface area (Å²) in [7, 11) is 0. The lowest BCUT2D eigenvalue weighted by Crippen LogP contribution is -2.48. The first-order valence-corrected chi connectivity index (χ1v) is 3.90. The molecule has 0 amide bonds. The van der Waals surface area contributed by atoms with E-state index in [1.807, 2.05) is 17.1 Å². The van der Waals surface area contributed by atoms with E-state index in [2.05, 4.69) is 9.98 Å². The monoisotopic (exact) mass is 179 g/mol. The van der Waals surface area contributed by atoms with Crippen molar-refractivity contribution >= 4 is 24.0 Å². The Morgan fingerprint density at radius 1 is 1.50 bits per heavy atom. The molecule has 1 aromatic heterocycles. The zero-order valence-corrected chi connectivity index (χ0v) is 7.06. The number of hydrogen-bond acceptors (Lipinski definition) is 3. The highest BCUT2D eigenvalue weighted by Crippen LogP contribution is 2.06. The molecule has 1 aromatic rings. The normalized spacial score (nSPS) is 26.3.